The van der Waals surface area contributed by atoms with E-state index in [2.05, 4.69) is 20.3 Å². The van der Waals surface area contributed by atoms with Gasteiger partial charge < -0.3 is 11.1 Å². The Bertz CT molecular complexity index is 1560. The van der Waals surface area contributed by atoms with Gasteiger partial charge in [-0.1, -0.05) is 6.07 Å². The van der Waals surface area contributed by atoms with Crippen LogP contribution in [0.15, 0.2) is 60.8 Å². The van der Waals surface area contributed by atoms with Crippen LogP contribution in [-0.2, 0) is 23.7 Å². The zero-order valence-electron chi connectivity index (χ0n) is 21.4. The van der Waals surface area contributed by atoms with E-state index in [4.69, 9.17) is 5.73 Å². The number of rotatable bonds is 6. The van der Waals surface area contributed by atoms with Gasteiger partial charge in [-0.25, -0.2) is 9.97 Å². The van der Waals surface area contributed by atoms with Gasteiger partial charge in [-0.2, -0.15) is 26.3 Å². The van der Waals surface area contributed by atoms with E-state index in [1.807, 2.05) is 4.90 Å². The Morgan fingerprint density at radius 2 is 1.66 bits per heavy atom. The van der Waals surface area contributed by atoms with Gasteiger partial charge in [-0.05, 0) is 74.5 Å². The molecule has 0 spiro atoms. The molecule has 214 valence electrons. The third-order valence-electron chi connectivity index (χ3n) is 6.96. The molecule has 1 saturated heterocycles. The fourth-order valence-corrected chi connectivity index (χ4v) is 4.81. The minimum Gasteiger partial charge on any atom is -0.369 e. The van der Waals surface area contributed by atoms with Crippen molar-refractivity contribution in [3.8, 4) is 11.3 Å². The first-order valence-electron chi connectivity index (χ1n) is 12.7. The van der Waals surface area contributed by atoms with Crippen LogP contribution in [0.1, 0.15) is 29.8 Å². The molecule has 0 unspecified atom stereocenters. The number of nitrogens with two attached hydrogens (primary N) is 1. The second kappa shape index (κ2) is 11.0. The quantitative estimate of drug-likeness (QED) is 0.268. The van der Waals surface area contributed by atoms with Crippen molar-refractivity contribution < 1.29 is 31.1 Å². The van der Waals surface area contributed by atoms with E-state index in [-0.39, 0.29) is 35.4 Å². The van der Waals surface area contributed by atoms with Gasteiger partial charge in [0.2, 0.25) is 5.91 Å². The van der Waals surface area contributed by atoms with E-state index >= 15 is 0 Å². The zero-order valence-corrected chi connectivity index (χ0v) is 21.4. The van der Waals surface area contributed by atoms with Gasteiger partial charge in [0.1, 0.15) is 11.6 Å². The maximum Gasteiger partial charge on any atom is 0.418 e. The number of anilines is 2. The van der Waals surface area contributed by atoms with Gasteiger partial charge in [-0.15, -0.1) is 0 Å². The number of alkyl halides is 6. The number of pyridine rings is 1. The molecule has 1 aliphatic rings. The van der Waals surface area contributed by atoms with Gasteiger partial charge >= 0.3 is 12.4 Å². The van der Waals surface area contributed by atoms with E-state index in [9.17, 15) is 31.1 Å². The first kappa shape index (κ1) is 28.3. The lowest BCUT2D eigenvalue weighted by atomic mass is 9.96. The summed E-state index contributed by atoms with van der Waals surface area (Å²) < 4.78 is 80.1. The number of aromatic nitrogens is 3. The van der Waals surface area contributed by atoms with Crippen molar-refractivity contribution in [1.29, 1.82) is 0 Å². The maximum atomic E-state index is 13.7. The SMILES string of the molecule is NC(=O)C1CCN(Cc2nc(Nc3ccc(C(F)(F)F)cc3)c3ccc(-c4ncccc4C(F)(F)F)cc3n2)CC1. The van der Waals surface area contributed by atoms with Crippen molar-refractivity contribution in [3.05, 3.63) is 77.7 Å². The minimum atomic E-state index is -4.62. The molecule has 13 heteroatoms. The van der Waals surface area contributed by atoms with Crippen LogP contribution in [0.4, 0.5) is 37.8 Å². The Balaban J connectivity index is 1.53. The first-order chi connectivity index (χ1) is 19.4. The van der Waals surface area contributed by atoms with Crippen LogP contribution in [0, 0.1) is 5.92 Å². The predicted molar refractivity (Wildman–Crippen MR) is 140 cm³/mol. The normalized spacial score (nSPS) is 15.3. The van der Waals surface area contributed by atoms with Crippen LogP contribution in [0.2, 0.25) is 0 Å². The molecule has 0 bridgehead atoms. The van der Waals surface area contributed by atoms with Crippen LogP contribution in [-0.4, -0.2) is 38.8 Å². The smallest absolute Gasteiger partial charge is 0.369 e. The van der Waals surface area contributed by atoms with Crippen LogP contribution in [0.25, 0.3) is 22.2 Å². The number of nitrogens with zero attached hydrogens (tertiary/aromatic N) is 4. The molecule has 3 heterocycles. The molecule has 4 aromatic rings. The predicted octanol–water partition coefficient (Wildman–Crippen LogP) is 6.17. The van der Waals surface area contributed by atoms with Crippen molar-refractivity contribution >= 4 is 28.3 Å². The monoisotopic (exact) mass is 574 g/mol. The number of likely N-dealkylation sites (tertiary alicyclic amines) is 1. The molecule has 41 heavy (non-hydrogen) atoms. The molecule has 0 radical (unpaired) electrons. The molecular formula is C28H24F6N6O. The Hall–Kier alpha value is -4.26. The Labute approximate surface area is 230 Å². The third-order valence-corrected chi connectivity index (χ3v) is 6.96. The number of primary amides is 1. The number of benzene rings is 2. The number of amides is 1. The first-order valence-corrected chi connectivity index (χ1v) is 12.7. The van der Waals surface area contributed by atoms with Gasteiger partial charge in [0.05, 0.1) is 28.9 Å². The highest BCUT2D eigenvalue weighted by molar-refractivity contribution is 5.93. The summed E-state index contributed by atoms with van der Waals surface area (Å²) in [6.45, 7) is 1.42. The van der Waals surface area contributed by atoms with Crippen molar-refractivity contribution in [2.24, 2.45) is 11.7 Å². The largest absolute Gasteiger partial charge is 0.418 e. The average molecular weight is 575 g/mol. The van der Waals surface area contributed by atoms with Crippen LogP contribution in [0.5, 0.6) is 0 Å². The molecule has 1 aliphatic heterocycles. The van der Waals surface area contributed by atoms with Crippen molar-refractivity contribution in [2.45, 2.75) is 31.7 Å². The summed E-state index contributed by atoms with van der Waals surface area (Å²) in [5.41, 5.74) is 4.32. The fourth-order valence-electron chi connectivity index (χ4n) is 4.81. The van der Waals surface area contributed by atoms with E-state index in [1.165, 1.54) is 36.5 Å². The highest BCUT2D eigenvalue weighted by Gasteiger charge is 2.34. The lowest BCUT2D eigenvalue weighted by Gasteiger charge is -2.30. The number of carbonyl (C=O) groups excluding carboxylic acids is 1. The Morgan fingerprint density at radius 3 is 2.29 bits per heavy atom. The summed E-state index contributed by atoms with van der Waals surface area (Å²) in [5, 5.41) is 3.48. The van der Waals surface area contributed by atoms with E-state index < -0.39 is 23.5 Å². The molecule has 1 fully saturated rings. The molecule has 0 saturated carbocycles. The molecule has 0 atom stereocenters. The topological polar surface area (TPSA) is 97.0 Å². The number of piperidine rings is 1. The average Bonchev–Trinajstić information content (AvgIpc) is 2.92. The number of hydrogen-bond donors (Lipinski definition) is 2. The van der Waals surface area contributed by atoms with Crippen molar-refractivity contribution in [2.75, 3.05) is 18.4 Å². The lowest BCUT2D eigenvalue weighted by molar-refractivity contribution is -0.138. The minimum absolute atomic E-state index is 0.192. The Morgan fingerprint density at radius 1 is 0.951 bits per heavy atom. The second-order valence-corrected chi connectivity index (χ2v) is 9.77. The van der Waals surface area contributed by atoms with E-state index in [0.29, 0.717) is 48.3 Å². The fraction of sp³-hybridized carbons (Fsp3) is 0.286. The van der Waals surface area contributed by atoms with Crippen LogP contribution in [0.3, 0.4) is 0 Å². The van der Waals surface area contributed by atoms with Gasteiger partial charge in [0, 0.05) is 28.8 Å². The molecule has 1 amide bonds. The molecule has 2 aromatic carbocycles. The van der Waals surface area contributed by atoms with Gasteiger partial charge in [0.25, 0.3) is 0 Å². The number of nitrogens with one attached hydrogen (secondary N) is 1. The molecular weight excluding hydrogens is 550 g/mol. The summed E-state index contributed by atoms with van der Waals surface area (Å²) in [7, 11) is 0. The summed E-state index contributed by atoms with van der Waals surface area (Å²) in [5.74, 6) is 0.0541. The highest BCUT2D eigenvalue weighted by Crippen LogP contribution is 2.37. The number of carbonyl (C=O) groups is 1. The number of halogens is 6. The summed E-state index contributed by atoms with van der Waals surface area (Å²) in [4.78, 5) is 26.7. The van der Waals surface area contributed by atoms with Gasteiger partial charge in [0.15, 0.2) is 0 Å². The molecule has 3 N–H and O–H groups in total. The van der Waals surface area contributed by atoms with E-state index in [1.54, 1.807) is 6.07 Å². The lowest BCUT2D eigenvalue weighted by Crippen LogP contribution is -2.38. The summed E-state index contributed by atoms with van der Waals surface area (Å²) in [6, 6.07) is 11.1. The van der Waals surface area contributed by atoms with Crippen molar-refractivity contribution in [3.63, 3.8) is 0 Å². The number of hydrogen-bond acceptors (Lipinski definition) is 6. The Kier molecular flexibility index (Phi) is 7.56. The van der Waals surface area contributed by atoms with Crippen LogP contribution >= 0.6 is 0 Å². The summed E-state index contributed by atoms with van der Waals surface area (Å²) in [6.07, 6.45) is -6.70. The molecule has 7 nitrogen and oxygen atoms in total. The number of fused-ring (bicyclic) bond motifs is 1. The van der Waals surface area contributed by atoms with E-state index in [0.717, 1.165) is 18.2 Å². The zero-order chi connectivity index (χ0) is 29.4. The third kappa shape index (κ3) is 6.40. The van der Waals surface area contributed by atoms with Gasteiger partial charge in [-0.3, -0.25) is 14.7 Å². The van der Waals surface area contributed by atoms with Crippen LogP contribution < -0.4 is 11.1 Å². The highest BCUT2D eigenvalue weighted by atomic mass is 19.4. The molecule has 5 rings (SSSR count). The summed E-state index contributed by atoms with van der Waals surface area (Å²) >= 11 is 0. The maximum absolute atomic E-state index is 13.7. The second-order valence-electron chi connectivity index (χ2n) is 9.77. The van der Waals surface area contributed by atoms with Crippen molar-refractivity contribution in [1.82, 2.24) is 19.9 Å². The standard InChI is InChI=1S/C28H24F6N6O/c29-27(30,31)18-4-6-19(7-5-18)37-26-20-8-3-17(24-21(28(32,33)34)2-1-11-36-24)14-22(20)38-23(39-26)15-40-12-9-16(10-13-40)25(35)41/h1-8,11,14,16H,9-10,12-13,15H2,(H2,35,41)(H,37,38,39). The molecule has 0 aliphatic carbocycles. The molecule has 2 aromatic heterocycles.